The molecule has 0 unspecified atom stereocenters. The van der Waals surface area contributed by atoms with Crippen LogP contribution >= 0.6 is 24.0 Å². The summed E-state index contributed by atoms with van der Waals surface area (Å²) >= 11 is 6.92. The van der Waals surface area contributed by atoms with E-state index >= 15 is 0 Å². The molecule has 0 amide bonds. The van der Waals surface area contributed by atoms with Crippen molar-refractivity contribution in [3.63, 3.8) is 0 Å². The highest BCUT2D eigenvalue weighted by Gasteiger charge is 2.26. The van der Waals surface area contributed by atoms with Crippen molar-refractivity contribution in [2.45, 2.75) is 11.4 Å². The van der Waals surface area contributed by atoms with Crippen molar-refractivity contribution >= 4 is 40.6 Å². The third-order valence-electron chi connectivity index (χ3n) is 3.27. The Balaban J connectivity index is 2.02. The second-order valence-electron chi connectivity index (χ2n) is 4.79. The number of thioether (sulfide) groups is 1. The van der Waals surface area contributed by atoms with E-state index in [9.17, 15) is 4.79 Å². The summed E-state index contributed by atoms with van der Waals surface area (Å²) in [4.78, 5) is 15.2. The monoisotopic (exact) mass is 327 g/mol. The van der Waals surface area contributed by atoms with E-state index in [0.717, 1.165) is 16.1 Å². The molecule has 0 saturated heterocycles. The van der Waals surface area contributed by atoms with Gasteiger partial charge in [0.05, 0.1) is 10.6 Å². The van der Waals surface area contributed by atoms with Crippen LogP contribution in [0.4, 0.5) is 5.69 Å². The Morgan fingerprint density at radius 3 is 2.55 bits per heavy atom. The van der Waals surface area contributed by atoms with Crippen molar-refractivity contribution < 1.29 is 9.90 Å². The number of nitrogens with zero attached hydrogens (tertiary/aromatic N) is 1. The summed E-state index contributed by atoms with van der Waals surface area (Å²) in [6, 6.07) is 17.9. The normalized spacial score (nSPS) is 15.7. The molecule has 1 aliphatic rings. The average molecular weight is 327 g/mol. The molecule has 2 aromatic carbocycles. The first kappa shape index (κ1) is 14.8. The van der Waals surface area contributed by atoms with Crippen molar-refractivity contribution in [1.29, 1.82) is 0 Å². The number of anilines is 1. The molecular formula is C17H13NO2S2. The van der Waals surface area contributed by atoms with Crippen LogP contribution in [-0.4, -0.2) is 16.1 Å². The van der Waals surface area contributed by atoms with Gasteiger partial charge in [-0.25, -0.2) is 4.79 Å². The van der Waals surface area contributed by atoms with Crippen molar-refractivity contribution in [2.75, 3.05) is 4.90 Å². The SMILES string of the molecule is O=C(O)C=C1Sc2ccccc2N(Cc2ccccc2)C1=S. The van der Waals surface area contributed by atoms with Crippen LogP contribution in [0.1, 0.15) is 5.56 Å². The Kier molecular flexibility index (Phi) is 4.27. The van der Waals surface area contributed by atoms with Gasteiger partial charge in [0.1, 0.15) is 4.99 Å². The molecule has 0 saturated carbocycles. The van der Waals surface area contributed by atoms with Crippen LogP contribution in [0.2, 0.25) is 0 Å². The van der Waals surface area contributed by atoms with Crippen molar-refractivity contribution in [3.8, 4) is 0 Å². The summed E-state index contributed by atoms with van der Waals surface area (Å²) in [6.45, 7) is 0.619. The highest BCUT2D eigenvalue weighted by atomic mass is 32.2. The lowest BCUT2D eigenvalue weighted by Crippen LogP contribution is -2.32. The molecule has 5 heteroatoms. The number of carbonyl (C=O) groups is 1. The Bertz CT molecular complexity index is 756. The predicted octanol–water partition coefficient (Wildman–Crippen LogP) is 4.09. The van der Waals surface area contributed by atoms with Gasteiger partial charge in [0.25, 0.3) is 0 Å². The van der Waals surface area contributed by atoms with Crippen LogP contribution in [0, 0.1) is 0 Å². The quantitative estimate of drug-likeness (QED) is 0.679. The topological polar surface area (TPSA) is 40.5 Å². The molecule has 22 heavy (non-hydrogen) atoms. The van der Waals surface area contributed by atoms with Gasteiger partial charge in [0, 0.05) is 17.5 Å². The second kappa shape index (κ2) is 6.34. The summed E-state index contributed by atoms with van der Waals surface area (Å²) < 4.78 is 0. The predicted molar refractivity (Wildman–Crippen MR) is 93.2 cm³/mol. The van der Waals surface area contributed by atoms with Gasteiger partial charge in [-0.15, -0.1) is 0 Å². The van der Waals surface area contributed by atoms with E-state index in [1.807, 2.05) is 59.5 Å². The highest BCUT2D eigenvalue weighted by Crippen LogP contribution is 2.42. The lowest BCUT2D eigenvalue weighted by Gasteiger charge is -2.32. The maximum Gasteiger partial charge on any atom is 0.329 e. The van der Waals surface area contributed by atoms with E-state index in [4.69, 9.17) is 17.3 Å². The Labute approximate surface area is 138 Å². The number of benzene rings is 2. The number of para-hydroxylation sites is 1. The minimum absolute atomic E-state index is 0.551. The zero-order valence-corrected chi connectivity index (χ0v) is 13.2. The van der Waals surface area contributed by atoms with Gasteiger partial charge in [-0.05, 0) is 17.7 Å². The molecule has 1 aliphatic heterocycles. The first-order chi connectivity index (χ1) is 10.6. The van der Waals surface area contributed by atoms with Gasteiger partial charge in [0.2, 0.25) is 0 Å². The lowest BCUT2D eigenvalue weighted by atomic mass is 10.2. The smallest absolute Gasteiger partial charge is 0.329 e. The minimum atomic E-state index is -0.983. The molecule has 0 spiro atoms. The van der Waals surface area contributed by atoms with E-state index < -0.39 is 5.97 Å². The van der Waals surface area contributed by atoms with Crippen LogP contribution < -0.4 is 4.90 Å². The minimum Gasteiger partial charge on any atom is -0.478 e. The number of hydrogen-bond donors (Lipinski definition) is 1. The van der Waals surface area contributed by atoms with Gasteiger partial charge in [0.15, 0.2) is 0 Å². The Morgan fingerprint density at radius 2 is 1.82 bits per heavy atom. The summed E-state index contributed by atoms with van der Waals surface area (Å²) in [7, 11) is 0. The van der Waals surface area contributed by atoms with Gasteiger partial charge in [-0.3, -0.25) is 0 Å². The molecule has 0 bridgehead atoms. The molecule has 3 nitrogen and oxygen atoms in total. The van der Waals surface area contributed by atoms with Crippen LogP contribution in [0.25, 0.3) is 0 Å². The standard InChI is InChI=1S/C17H13NO2S2/c19-16(20)10-15-17(21)18(11-12-6-2-1-3-7-12)13-8-4-5-9-14(13)22-15/h1-10H,11H2,(H,19,20). The fourth-order valence-corrected chi connectivity index (χ4v) is 3.67. The molecule has 0 aliphatic carbocycles. The van der Waals surface area contributed by atoms with Crippen molar-refractivity contribution in [3.05, 3.63) is 71.1 Å². The summed E-state index contributed by atoms with van der Waals surface area (Å²) in [5.74, 6) is -0.983. The molecule has 3 rings (SSSR count). The largest absolute Gasteiger partial charge is 0.478 e. The number of fused-ring (bicyclic) bond motifs is 1. The molecule has 110 valence electrons. The number of carboxylic acid groups (broad SMARTS) is 1. The van der Waals surface area contributed by atoms with Gasteiger partial charge in [-0.1, -0.05) is 66.4 Å². The van der Waals surface area contributed by atoms with Crippen LogP contribution in [-0.2, 0) is 11.3 Å². The zero-order chi connectivity index (χ0) is 15.5. The first-order valence-electron chi connectivity index (χ1n) is 6.72. The summed E-state index contributed by atoms with van der Waals surface area (Å²) in [5.41, 5.74) is 2.14. The molecule has 0 fully saturated rings. The van der Waals surface area contributed by atoms with Gasteiger partial charge < -0.3 is 10.0 Å². The number of aliphatic carboxylic acids is 1. The maximum absolute atomic E-state index is 11.0. The molecule has 0 atom stereocenters. The van der Waals surface area contributed by atoms with Crippen LogP contribution in [0.15, 0.2) is 70.5 Å². The third kappa shape index (κ3) is 3.05. The highest BCUT2D eigenvalue weighted by molar-refractivity contribution is 8.05. The Hall–Kier alpha value is -2.11. The zero-order valence-electron chi connectivity index (χ0n) is 11.6. The van der Waals surface area contributed by atoms with Gasteiger partial charge in [-0.2, -0.15) is 0 Å². The molecular weight excluding hydrogens is 314 g/mol. The van der Waals surface area contributed by atoms with E-state index in [-0.39, 0.29) is 0 Å². The van der Waals surface area contributed by atoms with Crippen LogP contribution in [0.3, 0.4) is 0 Å². The number of hydrogen-bond acceptors (Lipinski definition) is 3. The summed E-state index contributed by atoms with van der Waals surface area (Å²) in [5, 5.41) is 9.04. The van der Waals surface area contributed by atoms with Crippen molar-refractivity contribution in [2.24, 2.45) is 0 Å². The average Bonchev–Trinajstić information content (AvgIpc) is 2.52. The number of rotatable bonds is 3. The fraction of sp³-hybridized carbons (Fsp3) is 0.0588. The molecule has 1 N–H and O–H groups in total. The summed E-state index contributed by atoms with van der Waals surface area (Å²) in [6.07, 6.45) is 1.18. The molecule has 1 heterocycles. The molecule has 2 aromatic rings. The molecule has 0 radical (unpaired) electrons. The van der Waals surface area contributed by atoms with Crippen LogP contribution in [0.5, 0.6) is 0 Å². The number of carboxylic acids is 1. The second-order valence-corrected chi connectivity index (χ2v) is 6.26. The number of thiocarbonyl (C=S) groups is 1. The first-order valence-corrected chi connectivity index (χ1v) is 7.95. The maximum atomic E-state index is 11.0. The van der Waals surface area contributed by atoms with E-state index in [1.165, 1.54) is 17.8 Å². The van der Waals surface area contributed by atoms with E-state index in [0.29, 0.717) is 16.4 Å². The lowest BCUT2D eigenvalue weighted by molar-refractivity contribution is -0.131. The van der Waals surface area contributed by atoms with Crippen molar-refractivity contribution in [1.82, 2.24) is 0 Å². The third-order valence-corrected chi connectivity index (χ3v) is 4.94. The Morgan fingerprint density at radius 1 is 1.14 bits per heavy atom. The van der Waals surface area contributed by atoms with E-state index in [2.05, 4.69) is 0 Å². The van der Waals surface area contributed by atoms with Gasteiger partial charge >= 0.3 is 5.97 Å². The fourth-order valence-electron chi connectivity index (χ4n) is 2.30. The molecule has 0 aromatic heterocycles. The van der Waals surface area contributed by atoms with E-state index in [1.54, 1.807) is 0 Å².